The molecule has 1 saturated heterocycles. The highest BCUT2D eigenvalue weighted by Gasteiger charge is 2.39. The van der Waals surface area contributed by atoms with E-state index in [4.69, 9.17) is 22.1 Å². The van der Waals surface area contributed by atoms with Gasteiger partial charge in [0.25, 0.3) is 0 Å². The van der Waals surface area contributed by atoms with Gasteiger partial charge in [-0.3, -0.25) is 9.59 Å². The minimum atomic E-state index is -0.413. The number of benzene rings is 2. The Labute approximate surface area is 181 Å². The summed E-state index contributed by atoms with van der Waals surface area (Å²) in [6, 6.07) is 10.8. The molecule has 0 spiro atoms. The minimum absolute atomic E-state index is 0. The maximum absolute atomic E-state index is 13.3. The van der Waals surface area contributed by atoms with Gasteiger partial charge in [-0.1, -0.05) is 17.7 Å². The summed E-state index contributed by atoms with van der Waals surface area (Å²) in [5, 5.41) is 0.513. The monoisotopic (exact) mass is 435 g/mol. The van der Waals surface area contributed by atoms with Crippen molar-refractivity contribution in [1.29, 1.82) is 0 Å². The number of anilines is 3. The molecule has 1 atom stereocenters. The Morgan fingerprint density at radius 3 is 2.79 bits per heavy atom. The van der Waals surface area contributed by atoms with Crippen LogP contribution in [0.15, 0.2) is 36.4 Å². The number of nitrogens with zero attached hydrogens (tertiary/aromatic N) is 2. The Balaban J connectivity index is 0.00000240. The lowest BCUT2D eigenvalue weighted by atomic mass is 9.97. The first-order valence-electron chi connectivity index (χ1n) is 9.32. The molecule has 2 heterocycles. The molecular weight excluding hydrogens is 413 g/mol. The zero-order valence-corrected chi connectivity index (χ0v) is 17.6. The van der Waals surface area contributed by atoms with E-state index < -0.39 is 5.92 Å². The zero-order chi connectivity index (χ0) is 19.8. The summed E-state index contributed by atoms with van der Waals surface area (Å²) < 4.78 is 5.37. The normalized spacial score (nSPS) is 18.3. The first-order valence-corrected chi connectivity index (χ1v) is 9.70. The lowest BCUT2D eigenvalue weighted by molar-refractivity contribution is -0.124. The predicted molar refractivity (Wildman–Crippen MR) is 117 cm³/mol. The molecule has 8 heteroatoms. The molecule has 154 valence electrons. The number of nitrogens with two attached hydrogens (primary N) is 1. The molecule has 2 aliphatic heterocycles. The number of fused-ring (bicyclic) bond motifs is 1. The fourth-order valence-corrected chi connectivity index (χ4v) is 4.25. The summed E-state index contributed by atoms with van der Waals surface area (Å²) in [5.41, 5.74) is 9.28. The van der Waals surface area contributed by atoms with Crippen LogP contribution >= 0.6 is 24.0 Å². The third kappa shape index (κ3) is 3.87. The van der Waals surface area contributed by atoms with Crippen molar-refractivity contribution in [2.75, 3.05) is 35.7 Å². The second kappa shape index (κ2) is 8.51. The van der Waals surface area contributed by atoms with Gasteiger partial charge in [0.1, 0.15) is 5.75 Å². The van der Waals surface area contributed by atoms with Crippen LogP contribution in [0, 0.1) is 5.92 Å². The van der Waals surface area contributed by atoms with Crippen LogP contribution in [0.2, 0.25) is 5.02 Å². The highest BCUT2D eigenvalue weighted by Crippen LogP contribution is 2.37. The molecule has 0 saturated carbocycles. The molecule has 0 aliphatic carbocycles. The number of amides is 2. The summed E-state index contributed by atoms with van der Waals surface area (Å²) in [6.45, 7) is 0.947. The van der Waals surface area contributed by atoms with Gasteiger partial charge in [-0.2, -0.15) is 0 Å². The fourth-order valence-electron chi connectivity index (χ4n) is 4.08. The van der Waals surface area contributed by atoms with Crippen molar-refractivity contribution in [1.82, 2.24) is 0 Å². The van der Waals surface area contributed by atoms with Gasteiger partial charge < -0.3 is 20.3 Å². The van der Waals surface area contributed by atoms with E-state index in [0.29, 0.717) is 35.2 Å². The van der Waals surface area contributed by atoms with Crippen molar-refractivity contribution in [3.63, 3.8) is 0 Å². The second-order valence-electron chi connectivity index (χ2n) is 7.16. The van der Waals surface area contributed by atoms with E-state index in [2.05, 4.69) is 0 Å². The lowest BCUT2D eigenvalue weighted by Crippen LogP contribution is -2.40. The van der Waals surface area contributed by atoms with Gasteiger partial charge in [-0.25, -0.2) is 0 Å². The summed E-state index contributed by atoms with van der Waals surface area (Å²) in [5.74, 6) is -0.00220. The molecule has 2 N–H and O–H groups in total. The highest BCUT2D eigenvalue weighted by atomic mass is 35.5. The summed E-state index contributed by atoms with van der Waals surface area (Å²) in [6.07, 6.45) is 1.89. The second-order valence-corrected chi connectivity index (χ2v) is 7.60. The Kier molecular flexibility index (Phi) is 6.24. The quantitative estimate of drug-likeness (QED) is 0.745. The summed E-state index contributed by atoms with van der Waals surface area (Å²) >= 11 is 6.11. The van der Waals surface area contributed by atoms with Crippen LogP contribution in [-0.2, 0) is 16.0 Å². The smallest absolute Gasteiger partial charge is 0.232 e. The van der Waals surface area contributed by atoms with Crippen LogP contribution in [0.5, 0.6) is 5.75 Å². The Morgan fingerprint density at radius 1 is 1.24 bits per heavy atom. The van der Waals surface area contributed by atoms with Crippen LogP contribution in [0.1, 0.15) is 18.4 Å². The van der Waals surface area contributed by atoms with Crippen LogP contribution in [0.3, 0.4) is 0 Å². The van der Waals surface area contributed by atoms with Gasteiger partial charge >= 0.3 is 0 Å². The van der Waals surface area contributed by atoms with Crippen molar-refractivity contribution in [3.05, 3.63) is 47.0 Å². The van der Waals surface area contributed by atoms with E-state index in [0.717, 1.165) is 24.1 Å². The van der Waals surface area contributed by atoms with Crippen LogP contribution < -0.4 is 20.3 Å². The first-order chi connectivity index (χ1) is 13.5. The number of ether oxygens (including phenoxy) is 1. The average Bonchev–Trinajstić information content (AvgIpc) is 3.09. The van der Waals surface area contributed by atoms with E-state index in [1.807, 2.05) is 18.2 Å². The number of carbonyl (C=O) groups excluding carboxylic acids is 2. The van der Waals surface area contributed by atoms with Gasteiger partial charge in [-0.15, -0.1) is 12.4 Å². The van der Waals surface area contributed by atoms with Crippen molar-refractivity contribution in [2.24, 2.45) is 5.92 Å². The Morgan fingerprint density at radius 2 is 2.03 bits per heavy atom. The van der Waals surface area contributed by atoms with E-state index in [-0.39, 0.29) is 30.6 Å². The van der Waals surface area contributed by atoms with Gasteiger partial charge in [0, 0.05) is 35.9 Å². The molecule has 4 rings (SSSR count). The molecule has 0 bridgehead atoms. The van der Waals surface area contributed by atoms with Gasteiger partial charge in [0.2, 0.25) is 11.8 Å². The number of hydrogen-bond donors (Lipinski definition) is 1. The molecule has 29 heavy (non-hydrogen) atoms. The lowest BCUT2D eigenvalue weighted by Gasteiger charge is -2.32. The number of hydrogen-bond acceptors (Lipinski definition) is 4. The summed E-state index contributed by atoms with van der Waals surface area (Å²) in [4.78, 5) is 29.3. The maximum Gasteiger partial charge on any atom is 0.232 e. The molecule has 2 amide bonds. The van der Waals surface area contributed by atoms with E-state index >= 15 is 0 Å². The molecule has 2 aliphatic rings. The van der Waals surface area contributed by atoms with E-state index in [1.165, 1.54) is 0 Å². The zero-order valence-electron chi connectivity index (χ0n) is 16.1. The van der Waals surface area contributed by atoms with E-state index in [1.54, 1.807) is 35.1 Å². The van der Waals surface area contributed by atoms with Crippen LogP contribution in [-0.4, -0.2) is 32.0 Å². The molecule has 2 aromatic rings. The first kappa shape index (κ1) is 21.3. The number of carbonyl (C=O) groups is 2. The van der Waals surface area contributed by atoms with Crippen LogP contribution in [0.25, 0.3) is 0 Å². The average molecular weight is 436 g/mol. The number of methoxy groups -OCH3 is 1. The fraction of sp³-hybridized carbons (Fsp3) is 0.333. The molecule has 0 aromatic heterocycles. The van der Waals surface area contributed by atoms with Gasteiger partial charge in [0.05, 0.1) is 18.7 Å². The summed E-state index contributed by atoms with van der Waals surface area (Å²) in [7, 11) is 1.55. The predicted octanol–water partition coefficient (Wildman–Crippen LogP) is 3.68. The SMILES string of the molecule is COc1ccc(Cl)cc1N1CC(C(=O)N2CCCc3c(N)cccc32)CC1=O.Cl. The molecule has 2 aromatic carbocycles. The molecule has 1 fully saturated rings. The van der Waals surface area contributed by atoms with Gasteiger partial charge in [0.15, 0.2) is 0 Å². The molecule has 1 unspecified atom stereocenters. The number of rotatable bonds is 3. The standard InChI is InChI=1S/C21H22ClN3O3.ClH/c1-28-19-8-7-14(22)11-18(19)25-12-13(10-20(25)26)21(27)24-9-3-4-15-16(23)5-2-6-17(15)24;/h2,5-8,11,13H,3-4,9-10,12,23H2,1H3;1H. The largest absolute Gasteiger partial charge is 0.495 e. The van der Waals surface area contributed by atoms with E-state index in [9.17, 15) is 9.59 Å². The van der Waals surface area contributed by atoms with Gasteiger partial charge in [-0.05, 0) is 48.7 Å². The molecule has 0 radical (unpaired) electrons. The van der Waals surface area contributed by atoms with Crippen molar-refractivity contribution < 1.29 is 14.3 Å². The molecule has 6 nitrogen and oxygen atoms in total. The van der Waals surface area contributed by atoms with Crippen molar-refractivity contribution in [2.45, 2.75) is 19.3 Å². The van der Waals surface area contributed by atoms with Crippen molar-refractivity contribution in [3.8, 4) is 5.75 Å². The number of nitrogen functional groups attached to an aromatic ring is 1. The minimum Gasteiger partial charge on any atom is -0.495 e. The third-order valence-corrected chi connectivity index (χ3v) is 5.69. The Hall–Kier alpha value is -2.44. The molecular formula is C21H23Cl2N3O3. The maximum atomic E-state index is 13.3. The highest BCUT2D eigenvalue weighted by molar-refractivity contribution is 6.31. The third-order valence-electron chi connectivity index (χ3n) is 5.46. The van der Waals surface area contributed by atoms with Crippen molar-refractivity contribution >= 4 is 52.9 Å². The Bertz CT molecular complexity index is 951. The topological polar surface area (TPSA) is 75.9 Å². The van der Waals surface area contributed by atoms with Crippen LogP contribution in [0.4, 0.5) is 17.1 Å². The number of halogens is 2.